The lowest BCUT2D eigenvalue weighted by Gasteiger charge is -2.44. The molecule has 53 heavy (non-hydrogen) atoms. The smallest absolute Gasteiger partial charge is 0.394 e. The van der Waals surface area contributed by atoms with Gasteiger partial charge in [0, 0.05) is 32.8 Å². The molecule has 304 valence electrons. The monoisotopic (exact) mass is 782 g/mol. The van der Waals surface area contributed by atoms with Crippen molar-refractivity contribution in [3.05, 3.63) is 11.6 Å². The molecule has 12 N–H and O–H groups in total. The fraction of sp³-hybridized carbons (Fsp3) is 0.839. The van der Waals surface area contributed by atoms with Crippen molar-refractivity contribution >= 4 is 28.1 Å². The molecule has 0 bridgehead atoms. The Morgan fingerprint density at radius 1 is 1.08 bits per heavy atom. The molecule has 12 atom stereocenters. The van der Waals surface area contributed by atoms with Crippen LogP contribution in [0.4, 0.5) is 0 Å². The van der Waals surface area contributed by atoms with Gasteiger partial charge in [-0.25, -0.2) is 4.18 Å². The summed E-state index contributed by atoms with van der Waals surface area (Å²) in [4.78, 5) is 44.8. The number of methoxy groups -OCH3 is 1. The highest BCUT2D eigenvalue weighted by Gasteiger charge is 2.54. The Morgan fingerprint density at radius 2 is 1.77 bits per heavy atom. The summed E-state index contributed by atoms with van der Waals surface area (Å²) in [7, 11) is -3.81. The van der Waals surface area contributed by atoms with Gasteiger partial charge in [0.1, 0.15) is 49.4 Å². The highest BCUT2D eigenvalue weighted by molar-refractivity contribution is 7.80. The van der Waals surface area contributed by atoms with E-state index in [1.807, 2.05) is 11.0 Å². The van der Waals surface area contributed by atoms with Crippen LogP contribution in [0.3, 0.4) is 0 Å². The molecule has 3 aliphatic heterocycles. The Kier molecular flexibility index (Phi) is 15.1. The van der Waals surface area contributed by atoms with Crippen LogP contribution in [0.25, 0.3) is 0 Å². The topological polar surface area (TPSA) is 326 Å². The normalized spacial score (nSPS) is 33.5. The number of carbonyl (C=O) groups excluding carboxylic acids is 3. The minimum absolute atomic E-state index is 0.0554. The van der Waals surface area contributed by atoms with Crippen LogP contribution in [0.2, 0.25) is 0 Å². The summed E-state index contributed by atoms with van der Waals surface area (Å²) in [6.45, 7) is 3.02. The second-order valence-corrected chi connectivity index (χ2v) is 15.3. The molecule has 3 heterocycles. The number of nitrogens with one attached hydrogen (secondary N) is 2. The standard InChI is InChI=1S/C31H54N6O15S/c1-14(2)23(35-28(44)22(49-3)13-50-53(46,47)48)29(45)37-17-10-20(51-30-26(42)25(41)24(40)21(12-38)52-30)19(39)9-16(17)8-18(37)27(43)34-6-4-15-5-7-36(11-15)31(32)33/h5,14,16-26,30-31,38-42H,4,6-13,32-33H2,1-3H3,(H,34,43)(H,35,44)(H,46,47,48)/t16-,17+,18+,19+,20+,21-,22-,23+,24-,25+,26-,30+/m1/s1. The van der Waals surface area contributed by atoms with Crippen LogP contribution >= 0.6 is 0 Å². The van der Waals surface area contributed by atoms with Gasteiger partial charge in [0.25, 0.3) is 5.91 Å². The molecular formula is C31H54N6O15S. The van der Waals surface area contributed by atoms with Gasteiger partial charge in [-0.05, 0) is 37.5 Å². The summed E-state index contributed by atoms with van der Waals surface area (Å²) >= 11 is 0. The number of nitrogens with two attached hydrogens (primary N) is 2. The average molecular weight is 783 g/mol. The lowest BCUT2D eigenvalue weighted by Crippen LogP contribution is -2.62. The number of amides is 3. The third-order valence-electron chi connectivity index (χ3n) is 10.3. The number of hydrogen-bond acceptors (Lipinski definition) is 17. The summed E-state index contributed by atoms with van der Waals surface area (Å²) in [5.41, 5.74) is 12.6. The first-order chi connectivity index (χ1) is 24.9. The number of nitrogens with zero attached hydrogens (tertiary/aromatic N) is 2. The number of carbonyl (C=O) groups is 3. The summed E-state index contributed by atoms with van der Waals surface area (Å²) in [6.07, 6.45) is -9.83. The molecule has 0 radical (unpaired) electrons. The Hall–Kier alpha value is -2.42. The number of fused-ring (bicyclic) bond motifs is 1. The van der Waals surface area contributed by atoms with Crippen LogP contribution in [-0.4, -0.2) is 179 Å². The molecule has 1 aliphatic carbocycles. The molecule has 1 saturated carbocycles. The molecule has 3 amide bonds. The van der Waals surface area contributed by atoms with Gasteiger partial charge in [-0.2, -0.15) is 8.42 Å². The fourth-order valence-corrected chi connectivity index (χ4v) is 7.60. The number of likely N-dealkylation sites (tertiary alicyclic amines) is 1. The highest BCUT2D eigenvalue weighted by atomic mass is 32.3. The number of aliphatic hydroxyl groups excluding tert-OH is 5. The predicted molar refractivity (Wildman–Crippen MR) is 181 cm³/mol. The molecule has 0 aromatic heterocycles. The van der Waals surface area contributed by atoms with E-state index in [0.29, 0.717) is 19.5 Å². The first-order valence-electron chi connectivity index (χ1n) is 17.5. The summed E-state index contributed by atoms with van der Waals surface area (Å²) < 4.78 is 51.9. The lowest BCUT2D eigenvalue weighted by atomic mass is 9.81. The van der Waals surface area contributed by atoms with Crippen LogP contribution in [0, 0.1) is 11.8 Å². The van der Waals surface area contributed by atoms with Crippen molar-refractivity contribution < 1.29 is 71.3 Å². The Bertz CT molecular complexity index is 1420. The van der Waals surface area contributed by atoms with E-state index < -0.39 is 127 Å². The van der Waals surface area contributed by atoms with Gasteiger partial charge in [-0.15, -0.1) is 0 Å². The molecule has 22 heteroatoms. The first-order valence-corrected chi connectivity index (χ1v) is 18.8. The van der Waals surface area contributed by atoms with Gasteiger partial charge in [-0.3, -0.25) is 23.8 Å². The Labute approximate surface area is 307 Å². The first kappa shape index (κ1) is 43.3. The SMILES string of the molecule is CO[C@H](COS(=O)(=O)O)C(=O)N[C@H](C(=O)N1[C@H](C(=O)NCCC2=CCN(C(N)N)C2)C[C@@H]2C[C@H](O)[C@@H](O[C@H]3O[C@H](CO)[C@@H](O)[C@H](O)[C@H]3O)C[C@@H]21)C(C)C. The molecular weight excluding hydrogens is 728 g/mol. The second kappa shape index (κ2) is 18.5. The van der Waals surface area contributed by atoms with Gasteiger partial charge in [0.2, 0.25) is 11.8 Å². The number of rotatable bonds is 16. The van der Waals surface area contributed by atoms with Gasteiger partial charge < -0.3 is 66.7 Å². The molecule has 0 unspecified atom stereocenters. The van der Waals surface area contributed by atoms with Gasteiger partial charge in [-0.1, -0.05) is 25.5 Å². The van der Waals surface area contributed by atoms with Crippen LogP contribution < -0.4 is 22.1 Å². The molecule has 21 nitrogen and oxygen atoms in total. The third-order valence-corrected chi connectivity index (χ3v) is 10.7. The maximum Gasteiger partial charge on any atom is 0.397 e. The van der Waals surface area contributed by atoms with Crippen molar-refractivity contribution in [2.45, 2.75) is 113 Å². The molecule has 2 saturated heterocycles. The zero-order chi connectivity index (χ0) is 39.4. The van der Waals surface area contributed by atoms with Crippen LogP contribution in [-0.2, 0) is 43.2 Å². The number of ether oxygens (including phenoxy) is 3. The molecule has 0 spiro atoms. The van der Waals surface area contributed by atoms with Gasteiger partial charge in [0.15, 0.2) is 12.4 Å². The zero-order valence-electron chi connectivity index (χ0n) is 29.8. The van der Waals surface area contributed by atoms with E-state index in [9.17, 15) is 48.3 Å². The lowest BCUT2D eigenvalue weighted by molar-refractivity contribution is -0.320. The van der Waals surface area contributed by atoms with E-state index in [4.69, 9.17) is 30.2 Å². The predicted octanol–water partition coefficient (Wildman–Crippen LogP) is -5.16. The van der Waals surface area contributed by atoms with E-state index in [1.165, 1.54) is 4.90 Å². The van der Waals surface area contributed by atoms with E-state index in [1.54, 1.807) is 13.8 Å². The average Bonchev–Trinajstić information content (AvgIpc) is 3.72. The van der Waals surface area contributed by atoms with Crippen molar-refractivity contribution in [1.29, 1.82) is 0 Å². The van der Waals surface area contributed by atoms with Crippen molar-refractivity contribution in [2.75, 3.05) is 40.0 Å². The number of aliphatic hydroxyl groups is 5. The van der Waals surface area contributed by atoms with Crippen molar-refractivity contribution in [1.82, 2.24) is 20.4 Å². The number of hydrogen-bond donors (Lipinski definition) is 10. The minimum Gasteiger partial charge on any atom is -0.394 e. The summed E-state index contributed by atoms with van der Waals surface area (Å²) in [5, 5.41) is 57.3. The Balaban J connectivity index is 1.56. The maximum atomic E-state index is 14.5. The molecule has 4 rings (SSSR count). The van der Waals surface area contributed by atoms with Crippen LogP contribution in [0.5, 0.6) is 0 Å². The van der Waals surface area contributed by atoms with E-state index in [2.05, 4.69) is 14.8 Å². The van der Waals surface area contributed by atoms with Crippen molar-refractivity contribution in [3.8, 4) is 0 Å². The van der Waals surface area contributed by atoms with Gasteiger partial charge in [0.05, 0.1) is 18.8 Å². The van der Waals surface area contributed by atoms with E-state index in [-0.39, 0.29) is 25.8 Å². The molecule has 0 aromatic rings. The summed E-state index contributed by atoms with van der Waals surface area (Å²) in [6, 6.07) is -3.07. The molecule has 4 aliphatic rings. The third kappa shape index (κ3) is 10.7. The highest BCUT2D eigenvalue weighted by Crippen LogP contribution is 2.42. The van der Waals surface area contributed by atoms with Crippen molar-refractivity contribution in [2.24, 2.45) is 23.3 Å². The largest absolute Gasteiger partial charge is 0.397 e. The summed E-state index contributed by atoms with van der Waals surface area (Å²) in [5.74, 6) is -3.07. The van der Waals surface area contributed by atoms with E-state index >= 15 is 0 Å². The van der Waals surface area contributed by atoms with Crippen molar-refractivity contribution in [3.63, 3.8) is 0 Å². The fourth-order valence-electron chi connectivity index (χ4n) is 7.31. The van der Waals surface area contributed by atoms with Crippen LogP contribution in [0.15, 0.2) is 11.6 Å². The molecule has 0 aromatic carbocycles. The second-order valence-electron chi connectivity index (χ2n) is 14.2. The molecule has 3 fully saturated rings. The minimum atomic E-state index is -4.91. The van der Waals surface area contributed by atoms with Crippen LogP contribution in [0.1, 0.15) is 39.5 Å². The maximum absolute atomic E-state index is 14.5. The van der Waals surface area contributed by atoms with E-state index in [0.717, 1.165) is 12.7 Å². The zero-order valence-corrected chi connectivity index (χ0v) is 30.7. The Morgan fingerprint density at radius 3 is 2.36 bits per heavy atom. The quantitative estimate of drug-likeness (QED) is 0.0397. The van der Waals surface area contributed by atoms with Gasteiger partial charge >= 0.3 is 10.4 Å².